The van der Waals surface area contributed by atoms with E-state index in [1.54, 1.807) is 0 Å². The second-order valence-corrected chi connectivity index (χ2v) is 1.69. The molecule has 0 aromatic carbocycles. The number of hydrogen-bond acceptors (Lipinski definition) is 4. The minimum absolute atomic E-state index is 0.668. The van der Waals surface area contributed by atoms with E-state index < -0.39 is 0 Å². The highest BCUT2D eigenvalue weighted by atomic mass is 32.1. The summed E-state index contributed by atoms with van der Waals surface area (Å²) < 4.78 is 0. The van der Waals surface area contributed by atoms with Crippen molar-refractivity contribution < 1.29 is 0 Å². The average Bonchev–Trinajstić information content (AvgIpc) is 1.89. The Kier molecular flexibility index (Phi) is 7.48. The van der Waals surface area contributed by atoms with Crippen LogP contribution in [-0.2, 0) is 0 Å². The molecular formula is C5H11N3S. The lowest BCUT2D eigenvalue weighted by atomic mass is 10.6. The van der Waals surface area contributed by atoms with Gasteiger partial charge in [-0.05, 0) is 12.2 Å². The van der Waals surface area contributed by atoms with Crippen molar-refractivity contribution in [2.45, 2.75) is 0 Å². The number of isothiocyanates is 1. The van der Waals surface area contributed by atoms with E-state index >= 15 is 0 Å². The summed E-state index contributed by atoms with van der Waals surface area (Å²) in [4.78, 5) is 3.71. The normalized spacial score (nSPS) is 8.56. The van der Waals surface area contributed by atoms with Crippen molar-refractivity contribution >= 4 is 17.4 Å². The van der Waals surface area contributed by atoms with Crippen LogP contribution in [0.3, 0.4) is 0 Å². The van der Waals surface area contributed by atoms with Crippen molar-refractivity contribution in [3.05, 3.63) is 0 Å². The van der Waals surface area contributed by atoms with Crippen molar-refractivity contribution in [1.82, 2.24) is 5.32 Å². The van der Waals surface area contributed by atoms with E-state index in [1.165, 1.54) is 0 Å². The summed E-state index contributed by atoms with van der Waals surface area (Å²) in [5, 5.41) is 5.35. The molecule has 0 bridgehead atoms. The van der Waals surface area contributed by atoms with Crippen LogP contribution >= 0.6 is 12.2 Å². The van der Waals surface area contributed by atoms with Gasteiger partial charge in [-0.15, -0.1) is 0 Å². The van der Waals surface area contributed by atoms with Gasteiger partial charge in [0.05, 0.1) is 11.7 Å². The van der Waals surface area contributed by atoms with E-state index in [0.29, 0.717) is 13.1 Å². The average molecular weight is 145 g/mol. The second kappa shape index (κ2) is 7.72. The number of rotatable bonds is 5. The fourth-order valence-electron chi connectivity index (χ4n) is 0.408. The van der Waals surface area contributed by atoms with E-state index in [0.717, 1.165) is 13.1 Å². The number of hydrogen-bond donors (Lipinski definition) is 2. The van der Waals surface area contributed by atoms with E-state index in [4.69, 9.17) is 5.73 Å². The molecule has 0 saturated carbocycles. The predicted octanol–water partition coefficient (Wildman–Crippen LogP) is -0.362. The summed E-state index contributed by atoms with van der Waals surface area (Å²) in [5.41, 5.74) is 5.21. The van der Waals surface area contributed by atoms with Crippen molar-refractivity contribution in [2.24, 2.45) is 10.7 Å². The SMILES string of the molecule is NCCNCCN=C=S. The summed E-state index contributed by atoms with van der Waals surface area (Å²) in [6, 6.07) is 0. The summed E-state index contributed by atoms with van der Waals surface area (Å²) in [5.74, 6) is 0. The third-order valence-electron chi connectivity index (χ3n) is 0.786. The number of nitrogens with two attached hydrogens (primary N) is 1. The highest BCUT2D eigenvalue weighted by Gasteiger charge is 1.79. The van der Waals surface area contributed by atoms with Crippen LogP contribution in [0.15, 0.2) is 4.99 Å². The molecule has 0 aliphatic carbocycles. The highest BCUT2D eigenvalue weighted by Crippen LogP contribution is 1.62. The van der Waals surface area contributed by atoms with Gasteiger partial charge in [0.2, 0.25) is 0 Å². The standard InChI is InChI=1S/C5H11N3S/c6-1-2-7-3-4-8-5-9/h7H,1-4,6H2. The Hall–Kier alpha value is -0.280. The first kappa shape index (κ1) is 8.72. The molecule has 4 heteroatoms. The Balaban J connectivity index is 2.82. The van der Waals surface area contributed by atoms with Crippen LogP contribution in [-0.4, -0.2) is 31.3 Å². The minimum atomic E-state index is 0.668. The molecule has 0 radical (unpaired) electrons. The van der Waals surface area contributed by atoms with Gasteiger partial charge in [0, 0.05) is 19.6 Å². The zero-order valence-electron chi connectivity index (χ0n) is 5.26. The molecule has 0 fully saturated rings. The summed E-state index contributed by atoms with van der Waals surface area (Å²) in [6.07, 6.45) is 0. The smallest absolute Gasteiger partial charge is 0.0617 e. The minimum Gasteiger partial charge on any atom is -0.329 e. The molecule has 0 amide bonds. The molecule has 3 N–H and O–H groups in total. The number of nitrogens with one attached hydrogen (secondary N) is 1. The van der Waals surface area contributed by atoms with Crippen molar-refractivity contribution in [1.29, 1.82) is 0 Å². The van der Waals surface area contributed by atoms with Crippen LogP contribution in [0.5, 0.6) is 0 Å². The van der Waals surface area contributed by atoms with Gasteiger partial charge in [-0.2, -0.15) is 0 Å². The Labute approximate surface area is 60.3 Å². The lowest BCUT2D eigenvalue weighted by Gasteiger charge is -1.95. The van der Waals surface area contributed by atoms with Crippen molar-refractivity contribution in [2.75, 3.05) is 26.2 Å². The molecule has 0 heterocycles. The maximum Gasteiger partial charge on any atom is 0.0617 e. The molecule has 0 aliphatic heterocycles. The Morgan fingerprint density at radius 3 is 2.89 bits per heavy atom. The number of aliphatic imine (C=N–C) groups is 1. The lowest BCUT2D eigenvalue weighted by molar-refractivity contribution is 0.698. The number of nitrogens with zero attached hydrogens (tertiary/aromatic N) is 1. The zero-order chi connectivity index (χ0) is 6.95. The Bertz CT molecular complexity index is 98.4. The van der Waals surface area contributed by atoms with Crippen LogP contribution in [0, 0.1) is 0 Å². The summed E-state index contributed by atoms with van der Waals surface area (Å²) >= 11 is 4.36. The van der Waals surface area contributed by atoms with Gasteiger partial charge in [0.25, 0.3) is 0 Å². The van der Waals surface area contributed by atoms with Gasteiger partial charge in [-0.25, -0.2) is 4.99 Å². The maximum atomic E-state index is 5.21. The molecule has 0 atom stereocenters. The van der Waals surface area contributed by atoms with Gasteiger partial charge in [-0.1, -0.05) is 0 Å². The fraction of sp³-hybridized carbons (Fsp3) is 0.800. The van der Waals surface area contributed by atoms with Crippen LogP contribution in [0.25, 0.3) is 0 Å². The third-order valence-corrected chi connectivity index (χ3v) is 0.915. The van der Waals surface area contributed by atoms with E-state index in [2.05, 4.69) is 27.7 Å². The van der Waals surface area contributed by atoms with E-state index in [9.17, 15) is 0 Å². The molecule has 0 aliphatic rings. The first-order valence-electron chi connectivity index (χ1n) is 2.86. The topological polar surface area (TPSA) is 50.4 Å². The quantitative estimate of drug-likeness (QED) is 0.315. The van der Waals surface area contributed by atoms with Crippen molar-refractivity contribution in [3.8, 4) is 0 Å². The molecule has 0 spiro atoms. The van der Waals surface area contributed by atoms with E-state index in [1.807, 2.05) is 0 Å². The molecular weight excluding hydrogens is 134 g/mol. The maximum absolute atomic E-state index is 5.21. The van der Waals surface area contributed by atoms with Gasteiger partial charge in [0.1, 0.15) is 0 Å². The molecule has 0 aromatic heterocycles. The van der Waals surface area contributed by atoms with Crippen LogP contribution < -0.4 is 11.1 Å². The highest BCUT2D eigenvalue weighted by molar-refractivity contribution is 7.78. The first-order chi connectivity index (χ1) is 4.41. The first-order valence-corrected chi connectivity index (χ1v) is 3.27. The van der Waals surface area contributed by atoms with E-state index in [-0.39, 0.29) is 0 Å². The molecule has 0 rings (SSSR count). The van der Waals surface area contributed by atoms with Gasteiger partial charge >= 0.3 is 0 Å². The second-order valence-electron chi connectivity index (χ2n) is 1.51. The molecule has 3 nitrogen and oxygen atoms in total. The molecule has 0 saturated heterocycles. The van der Waals surface area contributed by atoms with Crippen LogP contribution in [0.2, 0.25) is 0 Å². The largest absolute Gasteiger partial charge is 0.329 e. The Morgan fingerprint density at radius 1 is 1.56 bits per heavy atom. The zero-order valence-corrected chi connectivity index (χ0v) is 6.08. The van der Waals surface area contributed by atoms with Crippen LogP contribution in [0.1, 0.15) is 0 Å². The Morgan fingerprint density at radius 2 is 2.33 bits per heavy atom. The van der Waals surface area contributed by atoms with Crippen LogP contribution in [0.4, 0.5) is 0 Å². The molecule has 9 heavy (non-hydrogen) atoms. The fourth-order valence-corrected chi connectivity index (χ4v) is 0.499. The molecule has 0 aromatic rings. The summed E-state index contributed by atoms with van der Waals surface area (Å²) in [7, 11) is 0. The van der Waals surface area contributed by atoms with Crippen molar-refractivity contribution in [3.63, 3.8) is 0 Å². The monoisotopic (exact) mass is 145 g/mol. The lowest BCUT2D eigenvalue weighted by Crippen LogP contribution is -2.24. The van der Waals surface area contributed by atoms with Gasteiger partial charge in [0.15, 0.2) is 0 Å². The summed E-state index contributed by atoms with van der Waals surface area (Å²) in [6.45, 7) is 3.04. The number of thiocarbonyl (C=S) groups is 1. The third kappa shape index (κ3) is 7.72. The molecule has 52 valence electrons. The molecule has 0 unspecified atom stereocenters. The van der Waals surface area contributed by atoms with Gasteiger partial charge < -0.3 is 11.1 Å². The van der Waals surface area contributed by atoms with Gasteiger partial charge in [-0.3, -0.25) is 0 Å². The predicted molar refractivity (Wildman–Crippen MR) is 41.8 cm³/mol.